The molecule has 1 fully saturated rings. The van der Waals surface area contributed by atoms with Crippen LogP contribution in [0, 0.1) is 0 Å². The lowest BCUT2D eigenvalue weighted by molar-refractivity contribution is -0.136. The number of hydrogen-bond donors (Lipinski definition) is 1. The summed E-state index contributed by atoms with van der Waals surface area (Å²) in [4.78, 5) is 18.3. The van der Waals surface area contributed by atoms with Crippen LogP contribution >= 0.6 is 0 Å². The van der Waals surface area contributed by atoms with E-state index in [0.29, 0.717) is 26.3 Å². The fourth-order valence-electron chi connectivity index (χ4n) is 2.53. The van der Waals surface area contributed by atoms with Crippen molar-refractivity contribution in [3.63, 3.8) is 0 Å². The second-order valence-electron chi connectivity index (χ2n) is 5.54. The third kappa shape index (κ3) is 4.07. The third-order valence-corrected chi connectivity index (χ3v) is 3.81. The van der Waals surface area contributed by atoms with Crippen molar-refractivity contribution in [2.75, 3.05) is 31.6 Å². The van der Waals surface area contributed by atoms with E-state index in [2.05, 4.69) is 15.4 Å². The number of rotatable bonds is 5. The van der Waals surface area contributed by atoms with Crippen LogP contribution in [-0.2, 0) is 16.1 Å². The smallest absolute Gasteiger partial charge is 0.244 e. The Balaban J connectivity index is 1.56. The van der Waals surface area contributed by atoms with Crippen molar-refractivity contribution < 1.29 is 9.53 Å². The number of morpholine rings is 1. The van der Waals surface area contributed by atoms with E-state index in [1.54, 1.807) is 17.1 Å². The van der Waals surface area contributed by atoms with Crippen molar-refractivity contribution in [2.24, 2.45) is 0 Å². The average Bonchev–Trinajstić information content (AvgIpc) is 3.03. The number of aromatic nitrogens is 3. The van der Waals surface area contributed by atoms with Crippen LogP contribution in [0.1, 0.15) is 18.7 Å². The molecule has 0 radical (unpaired) electrons. The van der Waals surface area contributed by atoms with Gasteiger partial charge in [0.1, 0.15) is 6.54 Å². The highest BCUT2D eigenvalue weighted by molar-refractivity contribution is 5.76. The van der Waals surface area contributed by atoms with Crippen molar-refractivity contribution in [1.29, 1.82) is 0 Å². The molecule has 1 atom stereocenters. The lowest BCUT2D eigenvalue weighted by Gasteiger charge is -2.26. The average molecular weight is 315 g/mol. The van der Waals surface area contributed by atoms with Crippen LogP contribution in [0.3, 0.4) is 0 Å². The molecule has 1 N–H and O–H groups in total. The Morgan fingerprint density at radius 3 is 2.96 bits per heavy atom. The van der Waals surface area contributed by atoms with Gasteiger partial charge in [0.15, 0.2) is 0 Å². The molecule has 1 unspecified atom stereocenters. The van der Waals surface area contributed by atoms with E-state index in [1.165, 1.54) is 0 Å². The summed E-state index contributed by atoms with van der Waals surface area (Å²) in [6.45, 7) is 4.82. The lowest BCUT2D eigenvalue weighted by atomic mass is 10.2. The summed E-state index contributed by atoms with van der Waals surface area (Å²) in [6.07, 6.45) is 5.35. The van der Waals surface area contributed by atoms with Gasteiger partial charge in [-0.2, -0.15) is 5.10 Å². The first kappa shape index (κ1) is 15.5. The minimum atomic E-state index is 0.0701. The van der Waals surface area contributed by atoms with Gasteiger partial charge in [0.05, 0.1) is 36.8 Å². The summed E-state index contributed by atoms with van der Waals surface area (Å²) in [5, 5.41) is 7.59. The Labute approximate surface area is 135 Å². The molecule has 3 rings (SSSR count). The predicted octanol–water partition coefficient (Wildman–Crippen LogP) is 1.31. The number of nitrogens with zero attached hydrogens (tertiary/aromatic N) is 4. The van der Waals surface area contributed by atoms with Crippen molar-refractivity contribution >= 4 is 11.6 Å². The van der Waals surface area contributed by atoms with Gasteiger partial charge in [-0.1, -0.05) is 6.07 Å². The molecule has 1 saturated heterocycles. The van der Waals surface area contributed by atoms with Gasteiger partial charge in [-0.25, -0.2) is 0 Å². The minimum absolute atomic E-state index is 0.0701. The molecule has 0 saturated carbocycles. The molecule has 23 heavy (non-hydrogen) atoms. The normalized spacial score (nSPS) is 16.1. The predicted molar refractivity (Wildman–Crippen MR) is 85.9 cm³/mol. The zero-order valence-electron chi connectivity index (χ0n) is 13.2. The van der Waals surface area contributed by atoms with Crippen molar-refractivity contribution in [2.45, 2.75) is 19.5 Å². The Bertz CT molecular complexity index is 637. The first-order chi connectivity index (χ1) is 11.2. The Hall–Kier alpha value is -2.41. The van der Waals surface area contributed by atoms with Gasteiger partial charge in [-0.15, -0.1) is 0 Å². The van der Waals surface area contributed by atoms with E-state index in [9.17, 15) is 4.79 Å². The van der Waals surface area contributed by atoms with E-state index in [4.69, 9.17) is 4.74 Å². The fraction of sp³-hybridized carbons (Fsp3) is 0.438. The molecule has 7 heteroatoms. The summed E-state index contributed by atoms with van der Waals surface area (Å²) in [5.74, 6) is 0.0701. The van der Waals surface area contributed by atoms with E-state index in [0.717, 1.165) is 11.4 Å². The number of carbonyl (C=O) groups excluding carboxylic acids is 1. The Morgan fingerprint density at radius 1 is 1.39 bits per heavy atom. The maximum Gasteiger partial charge on any atom is 0.244 e. The van der Waals surface area contributed by atoms with Crippen LogP contribution < -0.4 is 5.32 Å². The van der Waals surface area contributed by atoms with Crippen molar-refractivity contribution in [1.82, 2.24) is 19.7 Å². The fourth-order valence-corrected chi connectivity index (χ4v) is 2.53. The maximum atomic E-state index is 12.2. The highest BCUT2D eigenvalue weighted by Crippen LogP contribution is 2.16. The number of ether oxygens (including phenoxy) is 1. The van der Waals surface area contributed by atoms with Gasteiger partial charge in [0, 0.05) is 25.5 Å². The highest BCUT2D eigenvalue weighted by Gasteiger charge is 2.17. The number of pyridine rings is 1. The van der Waals surface area contributed by atoms with Crippen molar-refractivity contribution in [3.05, 3.63) is 42.5 Å². The van der Waals surface area contributed by atoms with Crippen LogP contribution in [0.15, 0.2) is 36.8 Å². The molecule has 7 nitrogen and oxygen atoms in total. The quantitative estimate of drug-likeness (QED) is 0.901. The van der Waals surface area contributed by atoms with Crippen LogP contribution in [0.25, 0.3) is 0 Å². The number of amides is 1. The second kappa shape index (κ2) is 7.23. The molecule has 1 aliphatic heterocycles. The second-order valence-corrected chi connectivity index (χ2v) is 5.54. The van der Waals surface area contributed by atoms with E-state index >= 15 is 0 Å². The first-order valence-corrected chi connectivity index (χ1v) is 7.78. The third-order valence-electron chi connectivity index (χ3n) is 3.81. The molecule has 0 spiro atoms. The van der Waals surface area contributed by atoms with Gasteiger partial charge in [0.25, 0.3) is 0 Å². The van der Waals surface area contributed by atoms with E-state index in [-0.39, 0.29) is 18.5 Å². The molecule has 2 aromatic rings. The zero-order valence-corrected chi connectivity index (χ0v) is 13.2. The van der Waals surface area contributed by atoms with Crippen LogP contribution in [-0.4, -0.2) is 51.9 Å². The maximum absolute atomic E-state index is 12.2. The first-order valence-electron chi connectivity index (χ1n) is 7.78. The van der Waals surface area contributed by atoms with Gasteiger partial charge in [0.2, 0.25) is 5.91 Å². The van der Waals surface area contributed by atoms with E-state index in [1.807, 2.05) is 36.2 Å². The molecule has 1 aliphatic rings. The standard InChI is InChI=1S/C16H21N5O2/c1-13(15-4-2-3-5-17-15)19-14-10-18-21(11-14)12-16(22)20-6-8-23-9-7-20/h2-5,10-11,13,19H,6-9,12H2,1H3. The van der Waals surface area contributed by atoms with Gasteiger partial charge in [-0.3, -0.25) is 14.5 Å². The number of nitrogens with one attached hydrogen (secondary N) is 1. The molecule has 0 aromatic carbocycles. The molecule has 122 valence electrons. The molecule has 1 amide bonds. The molecule has 0 aliphatic carbocycles. The lowest BCUT2D eigenvalue weighted by Crippen LogP contribution is -2.42. The SMILES string of the molecule is CC(Nc1cnn(CC(=O)N2CCOCC2)c1)c1ccccn1. The largest absolute Gasteiger partial charge is 0.378 e. The highest BCUT2D eigenvalue weighted by atomic mass is 16.5. The number of hydrogen-bond acceptors (Lipinski definition) is 5. The van der Waals surface area contributed by atoms with Crippen LogP contribution in [0.4, 0.5) is 5.69 Å². The Kier molecular flexibility index (Phi) is 4.87. The van der Waals surface area contributed by atoms with Gasteiger partial charge in [-0.05, 0) is 19.1 Å². The summed E-state index contributed by atoms with van der Waals surface area (Å²) >= 11 is 0. The Morgan fingerprint density at radius 2 is 2.22 bits per heavy atom. The molecule has 3 heterocycles. The van der Waals surface area contributed by atoms with E-state index < -0.39 is 0 Å². The summed E-state index contributed by atoms with van der Waals surface area (Å²) in [7, 11) is 0. The minimum Gasteiger partial charge on any atom is -0.378 e. The van der Waals surface area contributed by atoms with Crippen LogP contribution in [0.5, 0.6) is 0 Å². The van der Waals surface area contributed by atoms with Gasteiger partial charge >= 0.3 is 0 Å². The summed E-state index contributed by atoms with van der Waals surface area (Å²) in [6, 6.07) is 5.91. The monoisotopic (exact) mass is 315 g/mol. The zero-order chi connectivity index (χ0) is 16.1. The summed E-state index contributed by atoms with van der Waals surface area (Å²) in [5.41, 5.74) is 1.84. The molecule has 2 aromatic heterocycles. The number of carbonyl (C=O) groups is 1. The number of anilines is 1. The van der Waals surface area contributed by atoms with Crippen LogP contribution in [0.2, 0.25) is 0 Å². The van der Waals surface area contributed by atoms with Gasteiger partial charge < -0.3 is 15.0 Å². The molecular weight excluding hydrogens is 294 g/mol. The molecule has 0 bridgehead atoms. The summed E-state index contributed by atoms with van der Waals surface area (Å²) < 4.78 is 6.92. The topological polar surface area (TPSA) is 72.3 Å². The van der Waals surface area contributed by atoms with Crippen molar-refractivity contribution in [3.8, 4) is 0 Å². The molecular formula is C16H21N5O2.